The van der Waals surface area contributed by atoms with Crippen molar-refractivity contribution in [1.82, 2.24) is 0 Å². The molecule has 0 saturated heterocycles. The lowest BCUT2D eigenvalue weighted by Crippen LogP contribution is -2.68. The molecule has 2 aliphatic rings. The molecule has 0 bridgehead atoms. The number of fused-ring (bicyclic) bond motifs is 4. The largest absolute Gasteiger partial charge is 0.478 e. The number of rotatable bonds is 2. The van der Waals surface area contributed by atoms with Gasteiger partial charge < -0.3 is 15.7 Å². The van der Waals surface area contributed by atoms with Crippen LogP contribution in [-0.4, -0.2) is 24.2 Å². The number of nitrogens with one attached hydrogen (secondary N) is 2. The standard InChI is InChI=1S/C26H22N2O3.ClHO4/c29-26(30)18-8-2-1-7-17(18)25-19-11-15-5-3-9-27-21(15)13-23(19)31-24-14-22-16(12-20(24)25)6-4-10-28-22;2-1(3,4)5/h1-2,7-8,11-14,27-28H,3-6,9-10H2;(H,2,3,4,5). The summed E-state index contributed by atoms with van der Waals surface area (Å²) in [7, 11) is -4.94. The van der Waals surface area contributed by atoms with E-state index in [0.717, 1.165) is 83.2 Å². The summed E-state index contributed by atoms with van der Waals surface area (Å²) in [6.45, 7) is 1.91. The Morgan fingerprint density at radius 1 is 0.833 bits per heavy atom. The Balaban J connectivity index is 0.000000489. The summed E-state index contributed by atoms with van der Waals surface area (Å²) in [5.74, 6) is -0.919. The van der Waals surface area contributed by atoms with Gasteiger partial charge in [-0.1, -0.05) is 18.2 Å². The lowest BCUT2D eigenvalue weighted by Gasteiger charge is -2.19. The van der Waals surface area contributed by atoms with Crippen molar-refractivity contribution in [2.45, 2.75) is 25.7 Å². The first-order chi connectivity index (χ1) is 17.2. The molecule has 3 N–H and O–H groups in total. The van der Waals surface area contributed by atoms with Gasteiger partial charge in [0, 0.05) is 30.0 Å². The van der Waals surface area contributed by atoms with E-state index in [1.54, 1.807) is 12.1 Å². The molecule has 9 nitrogen and oxygen atoms in total. The van der Waals surface area contributed by atoms with E-state index in [1.807, 2.05) is 12.1 Å². The molecule has 2 aliphatic heterocycles. The fourth-order valence-corrected chi connectivity index (χ4v) is 5.00. The van der Waals surface area contributed by atoms with Gasteiger partial charge in [0.05, 0.1) is 28.5 Å². The van der Waals surface area contributed by atoms with Crippen molar-refractivity contribution in [3.05, 3.63) is 65.2 Å². The van der Waals surface area contributed by atoms with Crippen molar-refractivity contribution in [2.75, 3.05) is 23.7 Å². The topological polar surface area (TPSA) is 165 Å². The number of hydrogen-bond donors (Lipinski definition) is 3. The van der Waals surface area contributed by atoms with Crippen LogP contribution < -0.4 is 29.3 Å². The Hall–Kier alpha value is -3.47. The zero-order chi connectivity index (χ0) is 25.4. The molecule has 0 unspecified atom stereocenters. The second-order valence-corrected chi connectivity index (χ2v) is 9.53. The molecule has 0 atom stereocenters. The number of benzene rings is 3. The summed E-state index contributed by atoms with van der Waals surface area (Å²) in [4.78, 5) is 12.1. The number of carboxylic acid groups (broad SMARTS) is 1. The van der Waals surface area contributed by atoms with Crippen molar-refractivity contribution in [2.24, 2.45) is 0 Å². The van der Waals surface area contributed by atoms with Crippen LogP contribution in [-0.2, 0) is 12.8 Å². The maximum atomic E-state index is 12.1. The first kappa shape index (κ1) is 24.2. The van der Waals surface area contributed by atoms with Crippen LogP contribution in [0.4, 0.5) is 11.4 Å². The van der Waals surface area contributed by atoms with Gasteiger partial charge in [-0.15, -0.1) is 10.2 Å². The third-order valence-electron chi connectivity index (χ3n) is 6.47. The highest BCUT2D eigenvalue weighted by Gasteiger charge is 2.27. The predicted octanol–water partition coefficient (Wildman–Crippen LogP) is 1.19. The zero-order valence-electron chi connectivity index (χ0n) is 19.1. The summed E-state index contributed by atoms with van der Waals surface area (Å²) in [6, 6.07) is 15.8. The number of hydrogen-bond acceptors (Lipinski definition) is 7. The Kier molecular flexibility index (Phi) is 6.42. The number of halogens is 1. The van der Waals surface area contributed by atoms with E-state index in [-0.39, 0.29) is 0 Å². The van der Waals surface area contributed by atoms with Crippen LogP contribution in [0.1, 0.15) is 34.3 Å². The maximum absolute atomic E-state index is 12.1. The molecule has 6 rings (SSSR count). The second-order valence-electron chi connectivity index (χ2n) is 8.78. The van der Waals surface area contributed by atoms with E-state index >= 15 is 0 Å². The summed E-state index contributed by atoms with van der Waals surface area (Å²) in [5, 5.41) is 18.8. The molecular formula is C26H23ClN2O7. The third kappa shape index (κ3) is 4.92. The molecule has 4 aromatic rings. The lowest BCUT2D eigenvalue weighted by molar-refractivity contribution is -2.00. The monoisotopic (exact) mass is 510 g/mol. The Morgan fingerprint density at radius 2 is 1.33 bits per heavy atom. The third-order valence-corrected chi connectivity index (χ3v) is 6.47. The average molecular weight is 511 g/mol. The fraction of sp³-hybridized carbons (Fsp3) is 0.231. The molecular weight excluding hydrogens is 488 g/mol. The van der Waals surface area contributed by atoms with Gasteiger partial charge in [0.1, 0.15) is 0 Å². The van der Waals surface area contributed by atoms with Gasteiger partial charge in [-0.3, -0.25) is 0 Å². The highest BCUT2D eigenvalue weighted by Crippen LogP contribution is 2.42. The number of aryl methyl sites for hydroxylation is 2. The minimum Gasteiger partial charge on any atom is -0.478 e. The summed E-state index contributed by atoms with van der Waals surface area (Å²) >= 11 is 0. The summed E-state index contributed by atoms with van der Waals surface area (Å²) < 4.78 is 40.4. The molecule has 1 aromatic heterocycles. The van der Waals surface area contributed by atoms with Crippen molar-refractivity contribution in [1.29, 1.82) is 0 Å². The van der Waals surface area contributed by atoms with Gasteiger partial charge in [-0.2, -0.15) is 0 Å². The van der Waals surface area contributed by atoms with Crippen LogP contribution in [0.5, 0.6) is 0 Å². The average Bonchev–Trinajstić information content (AvgIpc) is 2.84. The highest BCUT2D eigenvalue weighted by atomic mass is 35.7. The quantitative estimate of drug-likeness (QED) is 0.265. The normalized spacial score (nSPS) is 14.7. The first-order valence-corrected chi connectivity index (χ1v) is 12.7. The predicted molar refractivity (Wildman–Crippen MR) is 124 cm³/mol. The van der Waals surface area contributed by atoms with Crippen molar-refractivity contribution in [3.8, 4) is 11.1 Å². The van der Waals surface area contributed by atoms with E-state index in [9.17, 15) is 9.90 Å². The van der Waals surface area contributed by atoms with Crippen molar-refractivity contribution >= 4 is 39.3 Å². The van der Waals surface area contributed by atoms with Gasteiger partial charge in [-0.25, -0.2) is 27.8 Å². The SMILES string of the molecule is O=C(O)c1ccccc1-c1c2cc3c(cc2[o+]c2cc4c(cc12)CCCN4)NCCC3.[O-][Cl+3]([O-])([O-])[O-]. The number of aromatic carboxylic acids is 1. The molecule has 0 fully saturated rings. The molecule has 0 saturated carbocycles. The van der Waals surface area contributed by atoms with Gasteiger partial charge in [-0.05, 0) is 60.6 Å². The van der Waals surface area contributed by atoms with Gasteiger partial charge in [0.15, 0.2) is 0 Å². The van der Waals surface area contributed by atoms with Gasteiger partial charge >= 0.3 is 17.1 Å². The van der Waals surface area contributed by atoms with Crippen LogP contribution in [0.2, 0.25) is 0 Å². The molecule has 0 radical (unpaired) electrons. The number of carbonyl (C=O) groups is 1. The van der Waals surface area contributed by atoms with Gasteiger partial charge in [0.25, 0.3) is 0 Å². The molecule has 0 aliphatic carbocycles. The van der Waals surface area contributed by atoms with E-state index in [1.165, 1.54) is 11.1 Å². The van der Waals surface area contributed by atoms with E-state index in [4.69, 9.17) is 23.1 Å². The minimum absolute atomic E-state index is 0.308. The molecule has 0 amide bonds. The van der Waals surface area contributed by atoms with Gasteiger partial charge in [0.2, 0.25) is 0 Å². The molecule has 36 heavy (non-hydrogen) atoms. The van der Waals surface area contributed by atoms with Crippen LogP contribution in [0.3, 0.4) is 0 Å². The summed E-state index contributed by atoms with van der Waals surface area (Å²) in [6.07, 6.45) is 4.18. The Labute approximate surface area is 208 Å². The van der Waals surface area contributed by atoms with Crippen LogP contribution in [0.25, 0.3) is 33.1 Å². The lowest BCUT2D eigenvalue weighted by atomic mass is 9.90. The molecule has 3 aromatic carbocycles. The molecule has 10 heteroatoms. The first-order valence-electron chi connectivity index (χ1n) is 11.5. The maximum Gasteiger partial charge on any atom is 0.363 e. The van der Waals surface area contributed by atoms with E-state index < -0.39 is 16.2 Å². The number of anilines is 2. The van der Waals surface area contributed by atoms with E-state index in [2.05, 4.69) is 34.9 Å². The minimum atomic E-state index is -4.94. The van der Waals surface area contributed by atoms with Crippen LogP contribution in [0.15, 0.2) is 52.9 Å². The molecule has 186 valence electrons. The van der Waals surface area contributed by atoms with Crippen LogP contribution >= 0.6 is 0 Å². The smallest absolute Gasteiger partial charge is 0.363 e. The fourth-order valence-electron chi connectivity index (χ4n) is 5.00. The number of carboxylic acids is 1. The van der Waals surface area contributed by atoms with Crippen molar-refractivity contribution < 1.29 is 43.2 Å². The Morgan fingerprint density at radius 3 is 1.83 bits per heavy atom. The van der Waals surface area contributed by atoms with E-state index in [0.29, 0.717) is 5.56 Å². The highest BCUT2D eigenvalue weighted by molar-refractivity contribution is 6.13. The Bertz CT molecular complexity index is 1400. The van der Waals surface area contributed by atoms with Crippen molar-refractivity contribution in [3.63, 3.8) is 0 Å². The molecule has 0 spiro atoms. The summed E-state index contributed by atoms with van der Waals surface area (Å²) in [5.41, 5.74) is 8.24. The second kappa shape index (κ2) is 9.53. The zero-order valence-corrected chi connectivity index (χ0v) is 19.9. The molecule has 3 heterocycles. The van der Waals surface area contributed by atoms with Crippen LogP contribution in [0, 0.1) is 10.2 Å².